The summed E-state index contributed by atoms with van der Waals surface area (Å²) in [5.41, 5.74) is 0. The lowest BCUT2D eigenvalue weighted by molar-refractivity contribution is -0.148. The Morgan fingerprint density at radius 3 is 1.55 bits per heavy atom. The zero-order valence-corrected chi connectivity index (χ0v) is 20.6. The smallest absolute Gasteiger partial charge is 0.308 e. The standard InChI is InChI=1S/C27H54O2/c1-5-7-8-9-10-11-12-13-14-15-16-17-18-19-24-29-27(28)26(4)23-20-22-25(3)21-6-2/h25-26H,5-24H2,1-4H3. The van der Waals surface area contributed by atoms with Crippen LogP contribution in [0.15, 0.2) is 0 Å². The predicted molar refractivity (Wildman–Crippen MR) is 128 cm³/mol. The lowest BCUT2D eigenvalue weighted by atomic mass is 9.96. The zero-order valence-electron chi connectivity index (χ0n) is 20.6. The topological polar surface area (TPSA) is 26.3 Å². The second-order valence-corrected chi connectivity index (χ2v) is 9.49. The minimum Gasteiger partial charge on any atom is -0.465 e. The minimum absolute atomic E-state index is 0.0165. The van der Waals surface area contributed by atoms with Crippen molar-refractivity contribution in [3.63, 3.8) is 0 Å². The maximum atomic E-state index is 12.1. The van der Waals surface area contributed by atoms with E-state index in [0.717, 1.165) is 25.2 Å². The van der Waals surface area contributed by atoms with E-state index in [4.69, 9.17) is 4.74 Å². The van der Waals surface area contributed by atoms with Crippen LogP contribution in [0.2, 0.25) is 0 Å². The molecule has 0 aliphatic rings. The summed E-state index contributed by atoms with van der Waals surface area (Å²) in [7, 11) is 0. The molecule has 29 heavy (non-hydrogen) atoms. The molecule has 2 unspecified atom stereocenters. The average Bonchev–Trinajstić information content (AvgIpc) is 2.70. The molecule has 0 fully saturated rings. The van der Waals surface area contributed by atoms with Crippen LogP contribution in [0.4, 0.5) is 0 Å². The number of esters is 1. The fourth-order valence-electron chi connectivity index (χ4n) is 4.14. The maximum Gasteiger partial charge on any atom is 0.308 e. The molecule has 2 atom stereocenters. The number of ether oxygens (including phenoxy) is 1. The van der Waals surface area contributed by atoms with E-state index < -0.39 is 0 Å². The van der Waals surface area contributed by atoms with Gasteiger partial charge in [-0.05, 0) is 18.8 Å². The summed E-state index contributed by atoms with van der Waals surface area (Å²) in [5, 5.41) is 0. The fraction of sp³-hybridized carbons (Fsp3) is 0.963. The number of unbranched alkanes of at least 4 members (excludes halogenated alkanes) is 13. The fourth-order valence-corrected chi connectivity index (χ4v) is 4.14. The van der Waals surface area contributed by atoms with Crippen LogP contribution in [-0.2, 0) is 9.53 Å². The van der Waals surface area contributed by atoms with Gasteiger partial charge in [-0.25, -0.2) is 0 Å². The van der Waals surface area contributed by atoms with Crippen LogP contribution in [0.3, 0.4) is 0 Å². The molecule has 2 nitrogen and oxygen atoms in total. The third-order valence-corrected chi connectivity index (χ3v) is 6.26. The molecule has 0 bridgehead atoms. The van der Waals surface area contributed by atoms with E-state index in [0.29, 0.717) is 6.61 Å². The van der Waals surface area contributed by atoms with Gasteiger partial charge in [-0.2, -0.15) is 0 Å². The number of rotatable bonds is 22. The van der Waals surface area contributed by atoms with Gasteiger partial charge in [0.05, 0.1) is 12.5 Å². The summed E-state index contributed by atoms with van der Waals surface area (Å²) >= 11 is 0. The minimum atomic E-state index is 0.0165. The van der Waals surface area contributed by atoms with Crippen LogP contribution in [0.25, 0.3) is 0 Å². The van der Waals surface area contributed by atoms with Crippen molar-refractivity contribution < 1.29 is 9.53 Å². The molecule has 0 aromatic heterocycles. The van der Waals surface area contributed by atoms with Gasteiger partial charge in [-0.3, -0.25) is 4.79 Å². The Hall–Kier alpha value is -0.530. The van der Waals surface area contributed by atoms with E-state index in [2.05, 4.69) is 20.8 Å². The molecule has 0 aliphatic carbocycles. The van der Waals surface area contributed by atoms with Crippen LogP contribution in [0.5, 0.6) is 0 Å². The maximum absolute atomic E-state index is 12.1. The van der Waals surface area contributed by atoms with Crippen LogP contribution in [-0.4, -0.2) is 12.6 Å². The van der Waals surface area contributed by atoms with Crippen molar-refractivity contribution in [1.82, 2.24) is 0 Å². The van der Waals surface area contributed by atoms with E-state index in [-0.39, 0.29) is 11.9 Å². The highest BCUT2D eigenvalue weighted by atomic mass is 16.5. The van der Waals surface area contributed by atoms with Crippen molar-refractivity contribution >= 4 is 5.97 Å². The molecule has 0 saturated heterocycles. The highest BCUT2D eigenvalue weighted by Gasteiger charge is 2.14. The average molecular weight is 411 g/mol. The van der Waals surface area contributed by atoms with Gasteiger partial charge in [-0.1, -0.05) is 137 Å². The van der Waals surface area contributed by atoms with Gasteiger partial charge in [-0.15, -0.1) is 0 Å². The van der Waals surface area contributed by atoms with Crippen molar-refractivity contribution in [3.05, 3.63) is 0 Å². The Morgan fingerprint density at radius 2 is 1.07 bits per heavy atom. The largest absolute Gasteiger partial charge is 0.465 e. The number of carbonyl (C=O) groups is 1. The molecule has 174 valence electrons. The van der Waals surface area contributed by atoms with Gasteiger partial charge in [0, 0.05) is 0 Å². The Kier molecular flexibility index (Phi) is 21.8. The van der Waals surface area contributed by atoms with Crippen molar-refractivity contribution in [3.8, 4) is 0 Å². The summed E-state index contributed by atoms with van der Waals surface area (Å²) in [6.07, 6.45) is 24.9. The van der Waals surface area contributed by atoms with Crippen LogP contribution in [0, 0.1) is 11.8 Å². The predicted octanol–water partition coefficient (Wildman–Crippen LogP) is 9.25. The Morgan fingerprint density at radius 1 is 0.586 bits per heavy atom. The first-order valence-corrected chi connectivity index (χ1v) is 13.3. The lowest BCUT2D eigenvalue weighted by Gasteiger charge is -2.13. The van der Waals surface area contributed by atoms with E-state index in [1.165, 1.54) is 103 Å². The summed E-state index contributed by atoms with van der Waals surface area (Å²) in [4.78, 5) is 12.1. The van der Waals surface area contributed by atoms with Gasteiger partial charge in [0.15, 0.2) is 0 Å². The molecule has 0 heterocycles. The van der Waals surface area contributed by atoms with Crippen LogP contribution >= 0.6 is 0 Å². The zero-order chi connectivity index (χ0) is 21.6. The van der Waals surface area contributed by atoms with Gasteiger partial charge in [0.25, 0.3) is 0 Å². The van der Waals surface area contributed by atoms with E-state index in [1.807, 2.05) is 6.92 Å². The Balaban J connectivity index is 3.31. The van der Waals surface area contributed by atoms with E-state index in [9.17, 15) is 4.79 Å². The first-order valence-electron chi connectivity index (χ1n) is 13.3. The third kappa shape index (κ3) is 20.5. The molecule has 0 spiro atoms. The molecule has 0 aromatic rings. The van der Waals surface area contributed by atoms with Gasteiger partial charge in [0.1, 0.15) is 0 Å². The van der Waals surface area contributed by atoms with Crippen molar-refractivity contribution in [2.24, 2.45) is 11.8 Å². The molecule has 0 saturated carbocycles. The SMILES string of the molecule is CCCCCCCCCCCCCCCCOC(=O)C(C)CCCC(C)CCC. The molecule has 0 aliphatic heterocycles. The molecule has 0 rings (SSSR count). The number of hydrogen-bond acceptors (Lipinski definition) is 2. The molecule has 2 heteroatoms. The normalized spacial score (nSPS) is 13.4. The Bertz CT molecular complexity index is 339. The van der Waals surface area contributed by atoms with E-state index in [1.54, 1.807) is 0 Å². The molecule has 0 radical (unpaired) electrons. The van der Waals surface area contributed by atoms with Gasteiger partial charge in [0.2, 0.25) is 0 Å². The monoisotopic (exact) mass is 410 g/mol. The molecule has 0 N–H and O–H groups in total. The Labute approximate surface area is 184 Å². The summed E-state index contributed by atoms with van der Waals surface area (Å²) in [6, 6.07) is 0. The molecule has 0 aromatic carbocycles. The highest BCUT2D eigenvalue weighted by Crippen LogP contribution is 2.18. The van der Waals surface area contributed by atoms with Crippen LogP contribution < -0.4 is 0 Å². The quantitative estimate of drug-likeness (QED) is 0.131. The summed E-state index contributed by atoms with van der Waals surface area (Å²) < 4.78 is 5.48. The summed E-state index contributed by atoms with van der Waals surface area (Å²) in [5.74, 6) is 0.872. The second-order valence-electron chi connectivity index (χ2n) is 9.49. The highest BCUT2D eigenvalue weighted by molar-refractivity contribution is 5.71. The van der Waals surface area contributed by atoms with Crippen molar-refractivity contribution in [2.75, 3.05) is 6.61 Å². The first-order chi connectivity index (χ1) is 14.1. The number of hydrogen-bond donors (Lipinski definition) is 0. The molecular formula is C27H54O2. The number of carbonyl (C=O) groups excluding carboxylic acids is 1. The lowest BCUT2D eigenvalue weighted by Crippen LogP contribution is -2.15. The second kappa shape index (κ2) is 22.2. The molecule has 0 amide bonds. The molecular weight excluding hydrogens is 356 g/mol. The van der Waals surface area contributed by atoms with E-state index >= 15 is 0 Å². The van der Waals surface area contributed by atoms with Gasteiger partial charge < -0.3 is 4.74 Å². The summed E-state index contributed by atoms with van der Waals surface area (Å²) in [6.45, 7) is 9.49. The van der Waals surface area contributed by atoms with Crippen molar-refractivity contribution in [2.45, 2.75) is 150 Å². The first kappa shape index (κ1) is 28.5. The van der Waals surface area contributed by atoms with Crippen molar-refractivity contribution in [1.29, 1.82) is 0 Å². The van der Waals surface area contributed by atoms with Gasteiger partial charge >= 0.3 is 5.97 Å². The van der Waals surface area contributed by atoms with Crippen LogP contribution in [0.1, 0.15) is 150 Å². The third-order valence-electron chi connectivity index (χ3n) is 6.26.